The summed E-state index contributed by atoms with van der Waals surface area (Å²) in [5, 5.41) is 12.8. The third-order valence-corrected chi connectivity index (χ3v) is 5.71. The van der Waals surface area contributed by atoms with Crippen LogP contribution in [0.25, 0.3) is 0 Å². The second-order valence-corrected chi connectivity index (χ2v) is 7.91. The lowest BCUT2D eigenvalue weighted by atomic mass is 9.92. The molecule has 0 bridgehead atoms. The Kier molecular flexibility index (Phi) is 8.74. The molecular weight excluding hydrogens is 374 g/mol. The third-order valence-electron chi connectivity index (χ3n) is 5.71. The largest absolute Gasteiger partial charge is 0.445 e. The van der Waals surface area contributed by atoms with Crippen molar-refractivity contribution in [2.75, 3.05) is 19.6 Å². The van der Waals surface area contributed by atoms with Crippen molar-refractivity contribution in [3.8, 4) is 6.07 Å². The highest BCUT2D eigenvalue weighted by molar-refractivity contribution is 5.67. The molecule has 5 heteroatoms. The van der Waals surface area contributed by atoms with E-state index in [-0.39, 0.29) is 18.6 Å². The first kappa shape index (κ1) is 21.9. The number of nitrogens with one attached hydrogen (secondary N) is 1. The molecule has 2 aromatic carbocycles. The molecule has 1 amide bonds. The molecule has 1 aliphatic heterocycles. The van der Waals surface area contributed by atoms with Gasteiger partial charge in [0.2, 0.25) is 0 Å². The summed E-state index contributed by atoms with van der Waals surface area (Å²) in [5.41, 5.74) is 2.15. The smallest absolute Gasteiger partial charge is 0.407 e. The number of rotatable bonds is 10. The van der Waals surface area contributed by atoms with E-state index in [4.69, 9.17) is 4.74 Å². The van der Waals surface area contributed by atoms with Gasteiger partial charge in [-0.05, 0) is 62.9 Å². The van der Waals surface area contributed by atoms with Crippen molar-refractivity contribution in [3.63, 3.8) is 0 Å². The van der Waals surface area contributed by atoms with E-state index in [0.717, 1.165) is 38.0 Å². The fourth-order valence-corrected chi connectivity index (χ4v) is 3.94. The number of hydrogen-bond acceptors (Lipinski definition) is 4. The standard InChI is InChI=1S/C25H31N3O2/c26-19-23(15-18-28-16-7-8-17-28)24(14-13-21-9-3-1-4-10-21)27-25(29)30-20-22-11-5-2-6-12-22/h1-6,9-12,23-24H,7-8,13-18,20H2,(H,27,29)/t23-,24-/m0/s1. The lowest BCUT2D eigenvalue weighted by Gasteiger charge is -2.25. The van der Waals surface area contributed by atoms with E-state index in [1.54, 1.807) is 0 Å². The van der Waals surface area contributed by atoms with E-state index in [0.29, 0.717) is 6.42 Å². The highest BCUT2D eigenvalue weighted by Gasteiger charge is 2.25. The van der Waals surface area contributed by atoms with Gasteiger partial charge in [-0.2, -0.15) is 5.26 Å². The SMILES string of the molecule is N#C[C@H](CCN1CCCC1)[C@H](CCc1ccccc1)NC(=O)OCc1ccccc1. The quantitative estimate of drug-likeness (QED) is 0.630. The molecule has 30 heavy (non-hydrogen) atoms. The van der Waals surface area contributed by atoms with Gasteiger partial charge >= 0.3 is 6.09 Å². The van der Waals surface area contributed by atoms with Crippen LogP contribution < -0.4 is 5.32 Å². The number of carbonyl (C=O) groups is 1. The van der Waals surface area contributed by atoms with Crippen LogP contribution in [-0.4, -0.2) is 36.7 Å². The Balaban J connectivity index is 1.57. The monoisotopic (exact) mass is 405 g/mol. The molecule has 2 atom stereocenters. The molecular formula is C25H31N3O2. The fraction of sp³-hybridized carbons (Fsp3) is 0.440. The van der Waals surface area contributed by atoms with Crippen LogP contribution in [0, 0.1) is 17.2 Å². The number of hydrogen-bond donors (Lipinski definition) is 1. The number of carbonyl (C=O) groups excluding carboxylic acids is 1. The number of nitrogens with zero attached hydrogens (tertiary/aromatic N) is 2. The lowest BCUT2D eigenvalue weighted by molar-refractivity contribution is 0.131. The summed E-state index contributed by atoms with van der Waals surface area (Å²) in [6.07, 6.45) is 4.29. The van der Waals surface area contributed by atoms with Gasteiger partial charge in [0.05, 0.1) is 12.0 Å². The number of ether oxygens (including phenoxy) is 1. The first-order valence-corrected chi connectivity index (χ1v) is 10.9. The van der Waals surface area contributed by atoms with Crippen LogP contribution in [0.3, 0.4) is 0 Å². The average Bonchev–Trinajstić information content (AvgIpc) is 3.31. The second kappa shape index (κ2) is 12.0. The minimum atomic E-state index is -0.460. The summed E-state index contributed by atoms with van der Waals surface area (Å²) < 4.78 is 5.41. The molecule has 2 aromatic rings. The first-order valence-electron chi connectivity index (χ1n) is 10.9. The Morgan fingerprint density at radius 3 is 2.27 bits per heavy atom. The van der Waals surface area contributed by atoms with E-state index >= 15 is 0 Å². The van der Waals surface area contributed by atoms with Crippen molar-refractivity contribution >= 4 is 6.09 Å². The van der Waals surface area contributed by atoms with Crippen molar-refractivity contribution in [3.05, 3.63) is 71.8 Å². The summed E-state index contributed by atoms with van der Waals surface area (Å²) in [6.45, 7) is 3.35. The second-order valence-electron chi connectivity index (χ2n) is 7.91. The molecule has 0 aromatic heterocycles. The van der Waals surface area contributed by atoms with Gasteiger partial charge in [-0.25, -0.2) is 4.79 Å². The number of amides is 1. The van der Waals surface area contributed by atoms with Gasteiger partial charge in [-0.1, -0.05) is 60.7 Å². The number of alkyl carbamates (subject to hydrolysis) is 1. The number of likely N-dealkylation sites (tertiary alicyclic amines) is 1. The van der Waals surface area contributed by atoms with Crippen LogP contribution in [0.4, 0.5) is 4.79 Å². The van der Waals surface area contributed by atoms with Gasteiger partial charge in [-0.15, -0.1) is 0 Å². The Morgan fingerprint density at radius 1 is 1.00 bits per heavy atom. The highest BCUT2D eigenvalue weighted by atomic mass is 16.5. The zero-order valence-corrected chi connectivity index (χ0v) is 17.5. The maximum absolute atomic E-state index is 12.5. The molecule has 0 unspecified atom stereocenters. The zero-order valence-electron chi connectivity index (χ0n) is 17.5. The molecule has 1 saturated heterocycles. The van der Waals surface area contributed by atoms with Gasteiger partial charge in [0, 0.05) is 6.04 Å². The van der Waals surface area contributed by atoms with Crippen molar-refractivity contribution in [2.45, 2.75) is 44.8 Å². The minimum Gasteiger partial charge on any atom is -0.445 e. The van der Waals surface area contributed by atoms with Crippen LogP contribution in [-0.2, 0) is 17.8 Å². The number of aryl methyl sites for hydroxylation is 1. The number of nitriles is 1. The summed E-state index contributed by atoms with van der Waals surface area (Å²) in [5.74, 6) is -0.237. The van der Waals surface area contributed by atoms with Crippen molar-refractivity contribution in [1.29, 1.82) is 5.26 Å². The minimum absolute atomic E-state index is 0.225. The van der Waals surface area contributed by atoms with Gasteiger partial charge in [0.1, 0.15) is 6.61 Å². The average molecular weight is 406 g/mol. The van der Waals surface area contributed by atoms with Crippen molar-refractivity contribution < 1.29 is 9.53 Å². The Hall–Kier alpha value is -2.84. The maximum atomic E-state index is 12.5. The van der Waals surface area contributed by atoms with E-state index in [2.05, 4.69) is 28.4 Å². The molecule has 1 N–H and O–H groups in total. The van der Waals surface area contributed by atoms with Crippen LogP contribution in [0.5, 0.6) is 0 Å². The van der Waals surface area contributed by atoms with Gasteiger partial charge < -0.3 is 15.0 Å². The Morgan fingerprint density at radius 2 is 1.63 bits per heavy atom. The zero-order chi connectivity index (χ0) is 21.0. The van der Waals surface area contributed by atoms with E-state index < -0.39 is 6.09 Å². The van der Waals surface area contributed by atoms with Gasteiger partial charge in [0.25, 0.3) is 0 Å². The third kappa shape index (κ3) is 7.20. The molecule has 158 valence electrons. The van der Waals surface area contributed by atoms with Crippen LogP contribution in [0.2, 0.25) is 0 Å². The summed E-state index contributed by atoms with van der Waals surface area (Å²) in [4.78, 5) is 14.9. The molecule has 0 spiro atoms. The van der Waals surface area contributed by atoms with E-state index in [1.807, 2.05) is 48.5 Å². The fourth-order valence-electron chi connectivity index (χ4n) is 3.94. The summed E-state index contributed by atoms with van der Waals surface area (Å²) in [7, 11) is 0. The summed E-state index contributed by atoms with van der Waals surface area (Å²) in [6, 6.07) is 22.0. The lowest BCUT2D eigenvalue weighted by Crippen LogP contribution is -2.41. The Bertz CT molecular complexity index is 798. The van der Waals surface area contributed by atoms with Crippen LogP contribution in [0.15, 0.2) is 60.7 Å². The maximum Gasteiger partial charge on any atom is 0.407 e. The molecule has 1 aliphatic rings. The molecule has 0 aliphatic carbocycles. The molecule has 1 fully saturated rings. The highest BCUT2D eigenvalue weighted by Crippen LogP contribution is 2.18. The number of benzene rings is 2. The Labute approximate surface area is 179 Å². The van der Waals surface area contributed by atoms with E-state index in [9.17, 15) is 10.1 Å². The van der Waals surface area contributed by atoms with Crippen molar-refractivity contribution in [2.24, 2.45) is 5.92 Å². The topological polar surface area (TPSA) is 65.4 Å². The van der Waals surface area contributed by atoms with Crippen molar-refractivity contribution in [1.82, 2.24) is 10.2 Å². The predicted octanol–water partition coefficient (Wildman–Crippen LogP) is 4.54. The molecule has 5 nitrogen and oxygen atoms in total. The van der Waals surface area contributed by atoms with Gasteiger partial charge in [-0.3, -0.25) is 0 Å². The summed E-state index contributed by atoms with van der Waals surface area (Å²) >= 11 is 0. The molecule has 0 radical (unpaired) electrons. The van der Waals surface area contributed by atoms with Crippen LogP contribution in [0.1, 0.15) is 36.8 Å². The van der Waals surface area contributed by atoms with Gasteiger partial charge in [0.15, 0.2) is 0 Å². The molecule has 1 heterocycles. The van der Waals surface area contributed by atoms with E-state index in [1.165, 1.54) is 18.4 Å². The molecule has 3 rings (SSSR count). The van der Waals surface area contributed by atoms with Crippen LogP contribution >= 0.6 is 0 Å². The molecule has 0 saturated carbocycles. The first-order chi connectivity index (χ1) is 14.7. The predicted molar refractivity (Wildman–Crippen MR) is 118 cm³/mol. The normalized spacial score (nSPS) is 15.8.